The summed E-state index contributed by atoms with van der Waals surface area (Å²) in [5.41, 5.74) is 7.67. The Morgan fingerprint density at radius 3 is 2.71 bits per heavy atom. The van der Waals surface area contributed by atoms with Crippen LogP contribution in [0.4, 0.5) is 0 Å². The zero-order valence-electron chi connectivity index (χ0n) is 22.1. The molecule has 0 fully saturated rings. The van der Waals surface area contributed by atoms with Crippen LogP contribution in [0.2, 0.25) is 0 Å². The number of amides is 1. The fourth-order valence-electron chi connectivity index (χ4n) is 4.92. The van der Waals surface area contributed by atoms with Crippen molar-refractivity contribution < 1.29 is 14.3 Å². The molecule has 7 nitrogen and oxygen atoms in total. The van der Waals surface area contributed by atoms with Crippen LogP contribution in [-0.2, 0) is 36.0 Å². The summed E-state index contributed by atoms with van der Waals surface area (Å²) in [6.07, 6.45) is 7.51. The van der Waals surface area contributed by atoms with Gasteiger partial charge in [0.1, 0.15) is 12.4 Å². The summed E-state index contributed by atoms with van der Waals surface area (Å²) >= 11 is 0. The highest BCUT2D eigenvalue weighted by Crippen LogP contribution is 2.29. The number of rotatable bonds is 4. The third-order valence-electron chi connectivity index (χ3n) is 6.88. The molecule has 5 rings (SSSR count). The van der Waals surface area contributed by atoms with Gasteiger partial charge in [-0.2, -0.15) is 5.10 Å². The normalized spacial score (nSPS) is 14.3. The molecule has 0 saturated carbocycles. The Bertz CT molecular complexity index is 1380. The van der Waals surface area contributed by atoms with Crippen LogP contribution in [-0.4, -0.2) is 51.9 Å². The molecule has 0 aliphatic carbocycles. The predicted octanol–water partition coefficient (Wildman–Crippen LogP) is 4.75. The van der Waals surface area contributed by atoms with Crippen LogP contribution in [0.5, 0.6) is 5.75 Å². The van der Waals surface area contributed by atoms with Crippen molar-refractivity contribution in [1.82, 2.24) is 19.7 Å². The average Bonchev–Trinajstić information content (AvgIpc) is 3.25. The van der Waals surface area contributed by atoms with E-state index < -0.39 is 0 Å². The molecule has 3 heterocycles. The Morgan fingerprint density at radius 1 is 1.00 bits per heavy atom. The average molecular weight is 511 g/mol. The van der Waals surface area contributed by atoms with Gasteiger partial charge >= 0.3 is 0 Å². The van der Waals surface area contributed by atoms with Crippen molar-refractivity contribution in [3.8, 4) is 16.9 Å². The Balaban J connectivity index is 1.36. The molecule has 1 aliphatic rings. The Hall–Kier alpha value is -3.97. The molecular formula is C31H34N4O3. The molecule has 2 aromatic heterocycles. The zero-order chi connectivity index (χ0) is 26.3. The number of hydrogen-bond donors (Lipinski definition) is 0. The van der Waals surface area contributed by atoms with Crippen LogP contribution >= 0.6 is 0 Å². The maximum absolute atomic E-state index is 13.3. The Morgan fingerprint density at radius 2 is 1.89 bits per heavy atom. The number of pyridine rings is 1. The lowest BCUT2D eigenvalue weighted by Gasteiger charge is -2.24. The summed E-state index contributed by atoms with van der Waals surface area (Å²) < 4.78 is 13.8. The second-order valence-electron chi connectivity index (χ2n) is 9.75. The molecule has 0 unspecified atom stereocenters. The molecule has 4 aromatic rings. The Labute approximate surface area is 224 Å². The topological polar surface area (TPSA) is 69.5 Å². The van der Waals surface area contributed by atoms with Crippen molar-refractivity contribution in [3.05, 3.63) is 101 Å². The monoisotopic (exact) mass is 510 g/mol. The van der Waals surface area contributed by atoms with E-state index in [9.17, 15) is 4.79 Å². The van der Waals surface area contributed by atoms with Gasteiger partial charge in [-0.15, -0.1) is 0 Å². The van der Waals surface area contributed by atoms with Gasteiger partial charge in [-0.05, 0) is 59.4 Å². The van der Waals surface area contributed by atoms with Gasteiger partial charge in [0.2, 0.25) is 5.91 Å². The lowest BCUT2D eigenvalue weighted by Crippen LogP contribution is -2.34. The third kappa shape index (κ3) is 6.47. The van der Waals surface area contributed by atoms with Crippen molar-refractivity contribution >= 4 is 5.91 Å². The fraction of sp³-hybridized carbons (Fsp3) is 0.323. The quantitative estimate of drug-likeness (QED) is 0.396. The SMILES string of the molecule is Cc1nn(C)cc1CCC(=O)N1CCOCCOc2ccc(-c3cccnc3)cc2Cc2cccc(c2)C1. The summed E-state index contributed by atoms with van der Waals surface area (Å²) in [7, 11) is 1.91. The van der Waals surface area contributed by atoms with Gasteiger partial charge < -0.3 is 14.4 Å². The van der Waals surface area contributed by atoms with Gasteiger partial charge in [-0.1, -0.05) is 36.4 Å². The van der Waals surface area contributed by atoms with Crippen molar-refractivity contribution in [3.63, 3.8) is 0 Å². The van der Waals surface area contributed by atoms with Crippen LogP contribution in [0.3, 0.4) is 0 Å². The summed E-state index contributed by atoms with van der Waals surface area (Å²) in [6.45, 7) is 4.47. The number of aryl methyl sites for hydroxylation is 3. The molecule has 196 valence electrons. The fourth-order valence-corrected chi connectivity index (χ4v) is 4.92. The lowest BCUT2D eigenvalue weighted by molar-refractivity contribution is -0.132. The van der Waals surface area contributed by atoms with E-state index in [1.807, 2.05) is 43.4 Å². The number of nitrogens with zero attached hydrogens (tertiary/aromatic N) is 4. The summed E-state index contributed by atoms with van der Waals surface area (Å²) in [6, 6.07) is 18.8. The van der Waals surface area contributed by atoms with Crippen molar-refractivity contribution in [2.24, 2.45) is 7.05 Å². The second-order valence-corrected chi connectivity index (χ2v) is 9.75. The van der Waals surface area contributed by atoms with E-state index >= 15 is 0 Å². The zero-order valence-corrected chi connectivity index (χ0v) is 22.1. The van der Waals surface area contributed by atoms with Gasteiger partial charge in [-0.25, -0.2) is 0 Å². The van der Waals surface area contributed by atoms with Crippen LogP contribution in [0.25, 0.3) is 11.1 Å². The lowest BCUT2D eigenvalue weighted by atomic mass is 9.98. The van der Waals surface area contributed by atoms with E-state index in [-0.39, 0.29) is 5.91 Å². The predicted molar refractivity (Wildman–Crippen MR) is 147 cm³/mol. The van der Waals surface area contributed by atoms with Crippen molar-refractivity contribution in [2.45, 2.75) is 32.7 Å². The third-order valence-corrected chi connectivity index (χ3v) is 6.88. The molecule has 2 bridgehead atoms. The number of aromatic nitrogens is 3. The van der Waals surface area contributed by atoms with Crippen molar-refractivity contribution in [2.75, 3.05) is 26.4 Å². The minimum atomic E-state index is 0.122. The second kappa shape index (κ2) is 12.0. The van der Waals surface area contributed by atoms with E-state index in [1.54, 1.807) is 10.9 Å². The van der Waals surface area contributed by atoms with Crippen LogP contribution < -0.4 is 4.74 Å². The molecule has 1 aliphatic heterocycles. The molecule has 0 N–H and O–H groups in total. The molecule has 0 radical (unpaired) electrons. The molecule has 0 spiro atoms. The number of hydrogen-bond acceptors (Lipinski definition) is 5. The van der Waals surface area contributed by atoms with Crippen LogP contribution in [0.15, 0.2) is 73.2 Å². The first kappa shape index (κ1) is 25.7. The van der Waals surface area contributed by atoms with E-state index in [4.69, 9.17) is 9.47 Å². The highest BCUT2D eigenvalue weighted by Gasteiger charge is 2.17. The van der Waals surface area contributed by atoms with Crippen LogP contribution in [0, 0.1) is 6.92 Å². The molecule has 1 amide bonds. The van der Waals surface area contributed by atoms with Crippen LogP contribution in [0.1, 0.15) is 34.4 Å². The molecule has 0 atom stereocenters. The first-order valence-corrected chi connectivity index (χ1v) is 13.1. The number of ether oxygens (including phenoxy) is 2. The number of fused-ring (bicyclic) bond motifs is 3. The van der Waals surface area contributed by atoms with E-state index in [0.29, 0.717) is 45.8 Å². The largest absolute Gasteiger partial charge is 0.491 e. The minimum absolute atomic E-state index is 0.122. The molecule has 7 heteroatoms. The van der Waals surface area contributed by atoms with Crippen molar-refractivity contribution in [1.29, 1.82) is 0 Å². The number of carbonyl (C=O) groups excluding carboxylic acids is 1. The maximum atomic E-state index is 13.3. The first-order valence-electron chi connectivity index (χ1n) is 13.1. The van der Waals surface area contributed by atoms with E-state index in [1.165, 1.54) is 5.56 Å². The molecule has 38 heavy (non-hydrogen) atoms. The standard InChI is InChI=1S/C31H34N4O3/c1-23-28(22-34(2)33-23)9-11-31(36)35-13-14-37-15-16-38-30-10-8-26(27-7-4-12-32-20-27)19-29(30)18-24-5-3-6-25(17-24)21-35/h3-8,10,12,17,19-20,22H,9,11,13-16,18,21H2,1-2H3. The minimum Gasteiger partial charge on any atom is -0.491 e. The summed E-state index contributed by atoms with van der Waals surface area (Å²) in [5.74, 6) is 0.989. The van der Waals surface area contributed by atoms with Gasteiger partial charge in [-0.3, -0.25) is 14.5 Å². The van der Waals surface area contributed by atoms with E-state index in [0.717, 1.165) is 45.7 Å². The highest BCUT2D eigenvalue weighted by molar-refractivity contribution is 5.76. The molecule has 0 saturated heterocycles. The highest BCUT2D eigenvalue weighted by atomic mass is 16.5. The summed E-state index contributed by atoms with van der Waals surface area (Å²) in [4.78, 5) is 19.5. The number of carbonyl (C=O) groups is 1. The van der Waals surface area contributed by atoms with Gasteiger partial charge in [0.15, 0.2) is 0 Å². The maximum Gasteiger partial charge on any atom is 0.223 e. The smallest absolute Gasteiger partial charge is 0.223 e. The molecular weight excluding hydrogens is 476 g/mol. The van der Waals surface area contributed by atoms with E-state index in [2.05, 4.69) is 52.5 Å². The van der Waals surface area contributed by atoms with Gasteiger partial charge in [0.05, 0.1) is 18.9 Å². The first-order chi connectivity index (χ1) is 18.5. The number of benzene rings is 2. The Kier molecular flexibility index (Phi) is 8.14. The van der Waals surface area contributed by atoms with Gasteiger partial charge in [0, 0.05) is 57.1 Å². The summed E-state index contributed by atoms with van der Waals surface area (Å²) in [5, 5.41) is 4.40. The van der Waals surface area contributed by atoms with Gasteiger partial charge in [0.25, 0.3) is 0 Å². The molecule has 2 aromatic carbocycles.